The van der Waals surface area contributed by atoms with E-state index >= 15 is 0 Å². The molecule has 1 amide bonds. The van der Waals surface area contributed by atoms with Gasteiger partial charge in [-0.3, -0.25) is 4.79 Å². The van der Waals surface area contributed by atoms with Gasteiger partial charge in [-0.2, -0.15) is 5.10 Å². The fourth-order valence-electron chi connectivity index (χ4n) is 3.41. The topological polar surface area (TPSA) is 72.9 Å². The fraction of sp³-hybridized carbons (Fsp3) is 0.444. The third-order valence-corrected chi connectivity index (χ3v) is 4.77. The third kappa shape index (κ3) is 4.36. The molecule has 1 heterocycles. The van der Waals surface area contributed by atoms with Crippen molar-refractivity contribution >= 4 is 24.0 Å². The molecule has 0 radical (unpaired) electrons. The molecule has 1 aliphatic carbocycles. The Balaban J connectivity index is 0.00000208. The molecule has 0 aliphatic heterocycles. The first kappa shape index (κ1) is 18.5. The molecule has 3 rings (SSSR count). The summed E-state index contributed by atoms with van der Waals surface area (Å²) in [5.74, 6) is 0.0324. The van der Waals surface area contributed by atoms with Gasteiger partial charge in [0.25, 0.3) is 0 Å². The van der Waals surface area contributed by atoms with E-state index in [0.717, 1.165) is 24.2 Å². The van der Waals surface area contributed by atoms with E-state index in [9.17, 15) is 4.79 Å². The summed E-state index contributed by atoms with van der Waals surface area (Å²) in [5.41, 5.74) is 7.64. The maximum atomic E-state index is 12.4. The predicted octanol–water partition coefficient (Wildman–Crippen LogP) is 3.53. The van der Waals surface area contributed by atoms with Crippen molar-refractivity contribution in [2.75, 3.05) is 11.9 Å². The van der Waals surface area contributed by atoms with Crippen LogP contribution in [0.5, 0.6) is 0 Å². The second-order valence-electron chi connectivity index (χ2n) is 6.50. The molecule has 0 atom stereocenters. The SMILES string of the molecule is Cl.NCC1(CC(=O)Nc2cnn(-c3ccccc3)c2)CCCCC1. The maximum absolute atomic E-state index is 12.4. The zero-order chi connectivity index (χ0) is 16.1. The van der Waals surface area contributed by atoms with Crippen LogP contribution in [0, 0.1) is 5.41 Å². The molecule has 1 saturated carbocycles. The van der Waals surface area contributed by atoms with Gasteiger partial charge in [-0.25, -0.2) is 4.68 Å². The lowest BCUT2D eigenvalue weighted by molar-refractivity contribution is -0.118. The molecular weight excluding hydrogens is 324 g/mol. The molecular formula is C18H25ClN4O. The largest absolute Gasteiger partial charge is 0.330 e. The van der Waals surface area contributed by atoms with Gasteiger partial charge in [-0.15, -0.1) is 12.4 Å². The van der Waals surface area contributed by atoms with Crippen LogP contribution in [-0.2, 0) is 4.79 Å². The highest BCUT2D eigenvalue weighted by Crippen LogP contribution is 2.38. The highest BCUT2D eigenvalue weighted by molar-refractivity contribution is 5.91. The summed E-state index contributed by atoms with van der Waals surface area (Å²) < 4.78 is 1.76. The summed E-state index contributed by atoms with van der Waals surface area (Å²) in [7, 11) is 0. The first-order valence-corrected chi connectivity index (χ1v) is 8.31. The van der Waals surface area contributed by atoms with E-state index in [1.165, 1.54) is 19.3 Å². The number of nitrogens with two attached hydrogens (primary N) is 1. The van der Waals surface area contributed by atoms with Gasteiger partial charge in [-0.05, 0) is 36.9 Å². The lowest BCUT2D eigenvalue weighted by atomic mass is 9.71. The average Bonchev–Trinajstić information content (AvgIpc) is 3.05. The normalized spacial score (nSPS) is 16.2. The lowest BCUT2D eigenvalue weighted by Crippen LogP contribution is -2.36. The monoisotopic (exact) mass is 348 g/mol. The molecule has 0 unspecified atom stereocenters. The van der Waals surface area contributed by atoms with Crippen molar-refractivity contribution in [2.45, 2.75) is 38.5 Å². The van der Waals surface area contributed by atoms with Crippen LogP contribution in [0.15, 0.2) is 42.7 Å². The van der Waals surface area contributed by atoms with E-state index in [-0.39, 0.29) is 23.7 Å². The fourth-order valence-corrected chi connectivity index (χ4v) is 3.41. The number of amides is 1. The van der Waals surface area contributed by atoms with E-state index < -0.39 is 0 Å². The van der Waals surface area contributed by atoms with Crippen molar-refractivity contribution in [1.82, 2.24) is 9.78 Å². The van der Waals surface area contributed by atoms with Gasteiger partial charge in [0.05, 0.1) is 23.8 Å². The number of nitrogens with zero attached hydrogens (tertiary/aromatic N) is 2. The molecule has 0 spiro atoms. The number of benzene rings is 1. The molecule has 2 aromatic rings. The molecule has 1 aromatic carbocycles. The Labute approximate surface area is 149 Å². The summed E-state index contributed by atoms with van der Waals surface area (Å²) in [5, 5.41) is 7.26. The summed E-state index contributed by atoms with van der Waals surface area (Å²) in [6, 6.07) is 9.84. The molecule has 0 bridgehead atoms. The van der Waals surface area contributed by atoms with Crippen LogP contribution in [0.1, 0.15) is 38.5 Å². The summed E-state index contributed by atoms with van der Waals surface area (Å²) in [4.78, 5) is 12.4. The second kappa shape index (κ2) is 8.31. The van der Waals surface area contributed by atoms with Crippen molar-refractivity contribution in [3.8, 4) is 5.69 Å². The second-order valence-corrected chi connectivity index (χ2v) is 6.50. The molecule has 1 aromatic heterocycles. The number of carbonyl (C=O) groups excluding carboxylic acids is 1. The molecule has 0 saturated heterocycles. The molecule has 6 heteroatoms. The van der Waals surface area contributed by atoms with Gasteiger partial charge >= 0.3 is 0 Å². The van der Waals surface area contributed by atoms with E-state index in [2.05, 4.69) is 10.4 Å². The van der Waals surface area contributed by atoms with Crippen LogP contribution < -0.4 is 11.1 Å². The lowest BCUT2D eigenvalue weighted by Gasteiger charge is -2.35. The minimum Gasteiger partial charge on any atom is -0.330 e. The average molecular weight is 349 g/mol. The Kier molecular flexibility index (Phi) is 6.40. The van der Waals surface area contributed by atoms with Crippen LogP contribution in [-0.4, -0.2) is 22.2 Å². The van der Waals surface area contributed by atoms with Crippen LogP contribution in [0.2, 0.25) is 0 Å². The van der Waals surface area contributed by atoms with Gasteiger partial charge in [0.15, 0.2) is 0 Å². The maximum Gasteiger partial charge on any atom is 0.225 e. The van der Waals surface area contributed by atoms with Crippen molar-refractivity contribution in [1.29, 1.82) is 0 Å². The molecule has 1 aliphatic rings. The number of hydrogen-bond acceptors (Lipinski definition) is 3. The van der Waals surface area contributed by atoms with Crippen LogP contribution in [0.25, 0.3) is 5.69 Å². The van der Waals surface area contributed by atoms with E-state index in [1.54, 1.807) is 10.9 Å². The number of carbonyl (C=O) groups is 1. The minimum atomic E-state index is -0.0161. The Hall–Kier alpha value is -1.85. The van der Waals surface area contributed by atoms with E-state index in [4.69, 9.17) is 5.73 Å². The number of aromatic nitrogens is 2. The first-order chi connectivity index (χ1) is 11.2. The van der Waals surface area contributed by atoms with Gasteiger partial charge in [0.1, 0.15) is 0 Å². The van der Waals surface area contributed by atoms with Gasteiger partial charge in [0, 0.05) is 6.42 Å². The first-order valence-electron chi connectivity index (χ1n) is 8.31. The van der Waals surface area contributed by atoms with Crippen LogP contribution in [0.3, 0.4) is 0 Å². The molecule has 5 nitrogen and oxygen atoms in total. The number of hydrogen-bond donors (Lipinski definition) is 2. The highest BCUT2D eigenvalue weighted by atomic mass is 35.5. The summed E-state index contributed by atoms with van der Waals surface area (Å²) in [6.45, 7) is 0.587. The van der Waals surface area contributed by atoms with E-state index in [0.29, 0.717) is 13.0 Å². The van der Waals surface area contributed by atoms with Crippen molar-refractivity contribution in [2.24, 2.45) is 11.1 Å². The highest BCUT2D eigenvalue weighted by Gasteiger charge is 2.33. The predicted molar refractivity (Wildman–Crippen MR) is 98.6 cm³/mol. The Morgan fingerprint density at radius 1 is 1.21 bits per heavy atom. The van der Waals surface area contributed by atoms with Gasteiger partial charge in [0.2, 0.25) is 5.91 Å². The molecule has 1 fully saturated rings. The molecule has 3 N–H and O–H groups in total. The van der Waals surface area contributed by atoms with Crippen molar-refractivity contribution in [3.63, 3.8) is 0 Å². The number of para-hydroxylation sites is 1. The Morgan fingerprint density at radius 2 is 1.92 bits per heavy atom. The summed E-state index contributed by atoms with van der Waals surface area (Å²) >= 11 is 0. The number of rotatable bonds is 5. The van der Waals surface area contributed by atoms with Crippen LogP contribution >= 0.6 is 12.4 Å². The smallest absolute Gasteiger partial charge is 0.225 e. The Morgan fingerprint density at radius 3 is 2.58 bits per heavy atom. The molecule has 130 valence electrons. The molecule has 24 heavy (non-hydrogen) atoms. The minimum absolute atomic E-state index is 0. The standard InChI is InChI=1S/C18H24N4O.ClH/c19-14-18(9-5-2-6-10-18)11-17(23)21-15-12-20-22(13-15)16-7-3-1-4-8-16;/h1,3-4,7-8,12-13H,2,5-6,9-11,14,19H2,(H,21,23);1H. The zero-order valence-electron chi connectivity index (χ0n) is 13.8. The summed E-state index contributed by atoms with van der Waals surface area (Å²) in [6.07, 6.45) is 9.74. The Bertz CT molecular complexity index is 650. The number of anilines is 1. The van der Waals surface area contributed by atoms with Crippen LogP contribution in [0.4, 0.5) is 5.69 Å². The van der Waals surface area contributed by atoms with Crippen molar-refractivity contribution in [3.05, 3.63) is 42.7 Å². The van der Waals surface area contributed by atoms with E-state index in [1.807, 2.05) is 36.5 Å². The van der Waals surface area contributed by atoms with Gasteiger partial charge in [-0.1, -0.05) is 37.5 Å². The number of nitrogens with one attached hydrogen (secondary N) is 1. The third-order valence-electron chi connectivity index (χ3n) is 4.77. The van der Waals surface area contributed by atoms with Crippen molar-refractivity contribution < 1.29 is 4.79 Å². The number of halogens is 1. The zero-order valence-corrected chi connectivity index (χ0v) is 14.6. The van der Waals surface area contributed by atoms with Gasteiger partial charge < -0.3 is 11.1 Å². The quantitative estimate of drug-likeness (QED) is 0.868.